The molecule has 0 aliphatic carbocycles. The van der Waals surface area contributed by atoms with Crippen LogP contribution in [0.1, 0.15) is 12.8 Å². The number of rotatable bonds is 4. The predicted octanol–water partition coefficient (Wildman–Crippen LogP) is 1.07. The molecule has 106 valence electrons. The molecule has 1 heterocycles. The van der Waals surface area contributed by atoms with Gasteiger partial charge in [0.15, 0.2) is 0 Å². The first-order valence-corrected chi connectivity index (χ1v) is 7.83. The van der Waals surface area contributed by atoms with Crippen molar-refractivity contribution in [3.63, 3.8) is 0 Å². The zero-order valence-electron chi connectivity index (χ0n) is 11.3. The van der Waals surface area contributed by atoms with Gasteiger partial charge in [0.05, 0.1) is 7.11 Å². The van der Waals surface area contributed by atoms with Crippen LogP contribution in [0.2, 0.25) is 0 Å². The van der Waals surface area contributed by atoms with Crippen molar-refractivity contribution in [2.24, 2.45) is 0 Å². The molecule has 0 amide bonds. The minimum Gasteiger partial charge on any atom is -0.495 e. The highest BCUT2D eigenvalue weighted by Crippen LogP contribution is 2.27. The Hall–Kier alpha value is -1.11. The van der Waals surface area contributed by atoms with E-state index in [0.29, 0.717) is 12.3 Å². The van der Waals surface area contributed by atoms with Crippen molar-refractivity contribution in [2.75, 3.05) is 27.2 Å². The zero-order chi connectivity index (χ0) is 13.9. The SMILES string of the molecule is COc1ccccc1S(=O)(=O)N(C)C1CCCNC1. The smallest absolute Gasteiger partial charge is 0.246 e. The van der Waals surface area contributed by atoms with Crippen molar-refractivity contribution in [3.8, 4) is 5.75 Å². The van der Waals surface area contributed by atoms with Crippen molar-refractivity contribution >= 4 is 10.0 Å². The van der Waals surface area contributed by atoms with Gasteiger partial charge < -0.3 is 10.1 Å². The highest BCUT2D eigenvalue weighted by molar-refractivity contribution is 7.89. The largest absolute Gasteiger partial charge is 0.495 e. The fraction of sp³-hybridized carbons (Fsp3) is 0.538. The van der Waals surface area contributed by atoms with Gasteiger partial charge in [-0.3, -0.25) is 0 Å². The minimum absolute atomic E-state index is 0.00339. The van der Waals surface area contributed by atoms with E-state index in [1.807, 2.05) is 0 Å². The van der Waals surface area contributed by atoms with Crippen molar-refractivity contribution in [1.82, 2.24) is 9.62 Å². The van der Waals surface area contributed by atoms with E-state index in [1.165, 1.54) is 11.4 Å². The lowest BCUT2D eigenvalue weighted by atomic mass is 10.1. The van der Waals surface area contributed by atoms with Crippen LogP contribution in [0.25, 0.3) is 0 Å². The molecular formula is C13H20N2O3S. The Kier molecular flexibility index (Phi) is 4.44. The fourth-order valence-electron chi connectivity index (χ4n) is 2.33. The van der Waals surface area contributed by atoms with E-state index in [1.54, 1.807) is 31.3 Å². The summed E-state index contributed by atoms with van der Waals surface area (Å²) in [5.41, 5.74) is 0. The molecule has 6 heteroatoms. The molecule has 1 aromatic carbocycles. The Morgan fingerprint density at radius 1 is 1.37 bits per heavy atom. The molecule has 5 nitrogen and oxygen atoms in total. The number of likely N-dealkylation sites (N-methyl/N-ethyl adjacent to an activating group) is 1. The summed E-state index contributed by atoms with van der Waals surface area (Å²) in [5.74, 6) is 0.387. The van der Waals surface area contributed by atoms with Crippen molar-refractivity contribution in [3.05, 3.63) is 24.3 Å². The number of para-hydroxylation sites is 1. The molecule has 1 unspecified atom stereocenters. The molecule has 0 saturated carbocycles. The molecule has 1 aromatic rings. The fourth-order valence-corrected chi connectivity index (χ4v) is 3.87. The molecule has 1 saturated heterocycles. The highest BCUT2D eigenvalue weighted by atomic mass is 32.2. The first kappa shape index (κ1) is 14.3. The van der Waals surface area contributed by atoms with E-state index < -0.39 is 10.0 Å². The van der Waals surface area contributed by atoms with E-state index >= 15 is 0 Å². The van der Waals surface area contributed by atoms with Gasteiger partial charge in [-0.15, -0.1) is 0 Å². The molecule has 0 bridgehead atoms. The quantitative estimate of drug-likeness (QED) is 0.898. The summed E-state index contributed by atoms with van der Waals surface area (Å²) in [6.07, 6.45) is 1.88. The lowest BCUT2D eigenvalue weighted by Gasteiger charge is -2.31. The zero-order valence-corrected chi connectivity index (χ0v) is 12.1. The maximum atomic E-state index is 12.6. The van der Waals surface area contributed by atoms with Crippen LogP contribution >= 0.6 is 0 Å². The van der Waals surface area contributed by atoms with Crippen LogP contribution < -0.4 is 10.1 Å². The third-order valence-corrected chi connectivity index (χ3v) is 5.46. The summed E-state index contributed by atoms with van der Waals surface area (Å²) in [6.45, 7) is 1.66. The molecule has 19 heavy (non-hydrogen) atoms. The van der Waals surface area contributed by atoms with Crippen LogP contribution in [0.5, 0.6) is 5.75 Å². The molecular weight excluding hydrogens is 264 g/mol. The standard InChI is InChI=1S/C13H20N2O3S/c1-15(11-6-5-9-14-10-11)19(16,17)13-8-4-3-7-12(13)18-2/h3-4,7-8,11,14H,5-6,9-10H2,1-2H3. The molecule has 1 aliphatic heterocycles. The average Bonchev–Trinajstić information content (AvgIpc) is 2.47. The molecule has 0 aromatic heterocycles. The first-order chi connectivity index (χ1) is 9.07. The second kappa shape index (κ2) is 5.90. The van der Waals surface area contributed by atoms with Crippen molar-refractivity contribution in [1.29, 1.82) is 0 Å². The third kappa shape index (κ3) is 2.91. The second-order valence-corrected chi connectivity index (χ2v) is 6.64. The number of methoxy groups -OCH3 is 1. The number of nitrogens with one attached hydrogen (secondary N) is 1. The van der Waals surface area contributed by atoms with Gasteiger partial charge in [0, 0.05) is 19.6 Å². The number of ether oxygens (including phenoxy) is 1. The van der Waals surface area contributed by atoms with Crippen LogP contribution in [0.3, 0.4) is 0 Å². The highest BCUT2D eigenvalue weighted by Gasteiger charge is 2.30. The number of nitrogens with zero attached hydrogens (tertiary/aromatic N) is 1. The molecule has 1 aliphatic rings. The van der Waals surface area contributed by atoms with Crippen LogP contribution in [-0.4, -0.2) is 46.0 Å². The average molecular weight is 284 g/mol. The summed E-state index contributed by atoms with van der Waals surface area (Å²) in [6, 6.07) is 6.73. The van der Waals surface area contributed by atoms with E-state index in [2.05, 4.69) is 5.32 Å². The summed E-state index contributed by atoms with van der Waals surface area (Å²) < 4.78 is 31.9. The van der Waals surface area contributed by atoms with E-state index in [0.717, 1.165) is 19.4 Å². The van der Waals surface area contributed by atoms with E-state index in [4.69, 9.17) is 4.74 Å². The number of sulfonamides is 1. The maximum Gasteiger partial charge on any atom is 0.246 e. The number of benzene rings is 1. The first-order valence-electron chi connectivity index (χ1n) is 6.39. The third-order valence-electron chi connectivity index (χ3n) is 3.51. The monoisotopic (exact) mass is 284 g/mol. The Bertz CT molecular complexity index is 524. The summed E-state index contributed by atoms with van der Waals surface area (Å²) in [4.78, 5) is 0.227. The Morgan fingerprint density at radius 3 is 2.74 bits per heavy atom. The topological polar surface area (TPSA) is 58.6 Å². The molecule has 1 fully saturated rings. The van der Waals surface area contributed by atoms with Crippen molar-refractivity contribution in [2.45, 2.75) is 23.8 Å². The molecule has 0 radical (unpaired) electrons. The van der Waals surface area contributed by atoms with Gasteiger partial charge in [-0.05, 0) is 31.5 Å². The van der Waals surface area contributed by atoms with Crippen LogP contribution in [0, 0.1) is 0 Å². The van der Waals surface area contributed by atoms with Gasteiger partial charge in [-0.1, -0.05) is 12.1 Å². The number of piperidine rings is 1. The molecule has 0 spiro atoms. The van der Waals surface area contributed by atoms with Gasteiger partial charge in [0.1, 0.15) is 10.6 Å². The van der Waals surface area contributed by atoms with Crippen LogP contribution in [0.15, 0.2) is 29.2 Å². The molecule has 1 atom stereocenters. The van der Waals surface area contributed by atoms with Gasteiger partial charge >= 0.3 is 0 Å². The lowest BCUT2D eigenvalue weighted by molar-refractivity contribution is 0.298. The van der Waals surface area contributed by atoms with E-state index in [9.17, 15) is 8.42 Å². The Balaban J connectivity index is 2.30. The van der Waals surface area contributed by atoms with Crippen molar-refractivity contribution < 1.29 is 13.2 Å². The van der Waals surface area contributed by atoms with Gasteiger partial charge in [-0.25, -0.2) is 8.42 Å². The van der Waals surface area contributed by atoms with Crippen LogP contribution in [0.4, 0.5) is 0 Å². The van der Waals surface area contributed by atoms with Gasteiger partial charge in [0.25, 0.3) is 0 Å². The second-order valence-electron chi connectivity index (χ2n) is 4.67. The Morgan fingerprint density at radius 2 is 2.11 bits per heavy atom. The van der Waals surface area contributed by atoms with Crippen LogP contribution in [-0.2, 0) is 10.0 Å². The normalized spacial score (nSPS) is 20.5. The number of hydrogen-bond acceptors (Lipinski definition) is 4. The van der Waals surface area contributed by atoms with E-state index in [-0.39, 0.29) is 10.9 Å². The van der Waals surface area contributed by atoms with Gasteiger partial charge in [0.2, 0.25) is 10.0 Å². The Labute approximate surface area is 114 Å². The number of hydrogen-bond donors (Lipinski definition) is 1. The maximum absolute atomic E-state index is 12.6. The summed E-state index contributed by atoms with van der Waals surface area (Å²) in [7, 11) is -0.392. The summed E-state index contributed by atoms with van der Waals surface area (Å²) in [5, 5.41) is 3.23. The lowest BCUT2D eigenvalue weighted by Crippen LogP contribution is -2.46. The van der Waals surface area contributed by atoms with Gasteiger partial charge in [-0.2, -0.15) is 4.31 Å². The molecule has 2 rings (SSSR count). The predicted molar refractivity (Wildman–Crippen MR) is 73.8 cm³/mol. The minimum atomic E-state index is -3.51. The molecule has 1 N–H and O–H groups in total. The summed E-state index contributed by atoms with van der Waals surface area (Å²) >= 11 is 0.